The predicted octanol–water partition coefficient (Wildman–Crippen LogP) is 3.45. The van der Waals surface area contributed by atoms with E-state index in [2.05, 4.69) is 15.6 Å². The molecule has 0 spiro atoms. The lowest BCUT2D eigenvalue weighted by Gasteiger charge is -2.06. The van der Waals surface area contributed by atoms with Gasteiger partial charge in [0.25, 0.3) is 0 Å². The van der Waals surface area contributed by atoms with E-state index in [1.54, 1.807) is 29.3 Å². The molecule has 1 aromatic carbocycles. The average molecular weight is 293 g/mol. The maximum Gasteiger partial charge on any atom is 0.319 e. The van der Waals surface area contributed by atoms with Gasteiger partial charge in [0.2, 0.25) is 0 Å². The Kier molecular flexibility index (Phi) is 5.71. The van der Waals surface area contributed by atoms with Crippen LogP contribution in [0.3, 0.4) is 0 Å². The Morgan fingerprint density at radius 2 is 2.16 bits per heavy atom. The highest BCUT2D eigenvalue weighted by Gasteiger charge is 2.00. The van der Waals surface area contributed by atoms with Crippen LogP contribution in [0.25, 0.3) is 0 Å². The van der Waals surface area contributed by atoms with Crippen LogP contribution in [-0.4, -0.2) is 23.3 Å². The third-order valence-electron chi connectivity index (χ3n) is 2.27. The normalized spacial score (nSPS) is 10.1. The third kappa shape index (κ3) is 5.32. The van der Waals surface area contributed by atoms with Crippen molar-refractivity contribution in [1.29, 1.82) is 0 Å². The van der Waals surface area contributed by atoms with Gasteiger partial charge in [0.1, 0.15) is 4.34 Å². The van der Waals surface area contributed by atoms with Crippen LogP contribution in [-0.2, 0) is 0 Å². The summed E-state index contributed by atoms with van der Waals surface area (Å²) in [5, 5.41) is 7.58. The van der Waals surface area contributed by atoms with Gasteiger partial charge in [0, 0.05) is 29.6 Å². The summed E-state index contributed by atoms with van der Waals surface area (Å²) in [6, 6.07) is 9.25. The van der Waals surface area contributed by atoms with Gasteiger partial charge in [0.15, 0.2) is 0 Å². The first-order valence-corrected chi connectivity index (χ1v) is 7.83. The Bertz CT molecular complexity index is 488. The zero-order valence-electron chi connectivity index (χ0n) is 10.3. The summed E-state index contributed by atoms with van der Waals surface area (Å²) < 4.78 is 1.08. The van der Waals surface area contributed by atoms with Gasteiger partial charge in [-0.25, -0.2) is 9.78 Å². The second-order valence-electron chi connectivity index (χ2n) is 3.75. The number of thioether (sulfide) groups is 1. The van der Waals surface area contributed by atoms with Crippen molar-refractivity contribution in [2.45, 2.75) is 10.8 Å². The van der Waals surface area contributed by atoms with E-state index in [-0.39, 0.29) is 6.03 Å². The molecule has 19 heavy (non-hydrogen) atoms. The molecule has 1 aromatic heterocycles. The van der Waals surface area contributed by atoms with Crippen LogP contribution in [0, 0.1) is 0 Å². The van der Waals surface area contributed by atoms with E-state index in [1.807, 2.05) is 35.7 Å². The number of thiazole rings is 1. The molecular weight excluding hydrogens is 278 g/mol. The van der Waals surface area contributed by atoms with Crippen LogP contribution >= 0.6 is 23.1 Å². The summed E-state index contributed by atoms with van der Waals surface area (Å²) in [4.78, 5) is 15.8. The Balaban J connectivity index is 1.57. The molecule has 0 aliphatic heterocycles. The number of hydrogen-bond donors (Lipinski definition) is 2. The molecule has 2 rings (SSSR count). The van der Waals surface area contributed by atoms with Gasteiger partial charge < -0.3 is 10.6 Å². The fraction of sp³-hybridized carbons (Fsp3) is 0.231. The van der Waals surface area contributed by atoms with Crippen LogP contribution in [0.1, 0.15) is 6.42 Å². The number of amides is 2. The summed E-state index contributed by atoms with van der Waals surface area (Å²) >= 11 is 3.36. The number of hydrogen-bond acceptors (Lipinski definition) is 4. The summed E-state index contributed by atoms with van der Waals surface area (Å²) in [6.45, 7) is 0.664. The number of nitrogens with zero attached hydrogens (tertiary/aromatic N) is 1. The van der Waals surface area contributed by atoms with E-state index < -0.39 is 0 Å². The molecule has 0 fully saturated rings. The van der Waals surface area contributed by atoms with Crippen molar-refractivity contribution in [1.82, 2.24) is 10.3 Å². The van der Waals surface area contributed by atoms with Crippen LogP contribution in [0.15, 0.2) is 46.2 Å². The average Bonchev–Trinajstić information content (AvgIpc) is 2.92. The van der Waals surface area contributed by atoms with Crippen molar-refractivity contribution in [3.63, 3.8) is 0 Å². The minimum atomic E-state index is -0.162. The lowest BCUT2D eigenvalue weighted by Crippen LogP contribution is -2.29. The van der Waals surface area contributed by atoms with Gasteiger partial charge >= 0.3 is 6.03 Å². The molecule has 0 aliphatic carbocycles. The smallest absolute Gasteiger partial charge is 0.319 e. The van der Waals surface area contributed by atoms with Crippen LogP contribution in [0.5, 0.6) is 0 Å². The van der Waals surface area contributed by atoms with Crippen molar-refractivity contribution in [2.24, 2.45) is 0 Å². The SMILES string of the molecule is O=C(NCCCSc1nccs1)Nc1ccccc1. The molecule has 0 saturated heterocycles. The standard InChI is InChI=1S/C13H15N3OS2/c17-12(16-11-5-2-1-3-6-11)14-7-4-9-18-13-15-8-10-19-13/h1-3,5-6,8,10H,4,7,9H2,(H2,14,16,17). The number of benzene rings is 1. The van der Waals surface area contributed by atoms with Gasteiger partial charge in [-0.05, 0) is 18.6 Å². The second-order valence-corrected chi connectivity index (χ2v) is 5.98. The number of anilines is 1. The van der Waals surface area contributed by atoms with E-state index in [9.17, 15) is 4.79 Å². The Labute approximate surface area is 120 Å². The molecule has 0 aliphatic rings. The number of rotatable bonds is 6. The molecule has 1 heterocycles. The molecule has 6 heteroatoms. The van der Waals surface area contributed by atoms with E-state index in [1.165, 1.54) is 0 Å². The van der Waals surface area contributed by atoms with E-state index in [0.29, 0.717) is 6.54 Å². The van der Waals surface area contributed by atoms with E-state index >= 15 is 0 Å². The number of para-hydroxylation sites is 1. The number of urea groups is 1. The highest BCUT2D eigenvalue weighted by molar-refractivity contribution is 8.00. The lowest BCUT2D eigenvalue weighted by molar-refractivity contribution is 0.252. The second kappa shape index (κ2) is 7.81. The van der Waals surface area contributed by atoms with Crippen molar-refractivity contribution >= 4 is 34.8 Å². The van der Waals surface area contributed by atoms with Crippen molar-refractivity contribution in [2.75, 3.05) is 17.6 Å². The van der Waals surface area contributed by atoms with Crippen molar-refractivity contribution < 1.29 is 4.79 Å². The number of aromatic nitrogens is 1. The molecule has 0 saturated carbocycles. The van der Waals surface area contributed by atoms with Gasteiger partial charge in [-0.15, -0.1) is 11.3 Å². The molecule has 4 nitrogen and oxygen atoms in total. The molecular formula is C13H15N3OS2. The molecule has 100 valence electrons. The zero-order valence-corrected chi connectivity index (χ0v) is 12.0. The Morgan fingerprint density at radius 1 is 1.32 bits per heavy atom. The van der Waals surface area contributed by atoms with Gasteiger partial charge in [-0.1, -0.05) is 30.0 Å². The monoisotopic (exact) mass is 293 g/mol. The molecule has 2 N–H and O–H groups in total. The molecule has 0 unspecified atom stereocenters. The quantitative estimate of drug-likeness (QED) is 0.633. The predicted molar refractivity (Wildman–Crippen MR) is 80.9 cm³/mol. The molecule has 2 amide bonds. The van der Waals surface area contributed by atoms with Crippen molar-refractivity contribution in [3.8, 4) is 0 Å². The minimum absolute atomic E-state index is 0.162. The summed E-state index contributed by atoms with van der Waals surface area (Å²) in [5.41, 5.74) is 0.803. The van der Waals surface area contributed by atoms with Gasteiger partial charge in [-0.3, -0.25) is 0 Å². The first kappa shape index (κ1) is 13.9. The van der Waals surface area contributed by atoms with Crippen molar-refractivity contribution in [3.05, 3.63) is 41.9 Å². The first-order valence-electron chi connectivity index (χ1n) is 5.97. The maximum absolute atomic E-state index is 11.6. The fourth-order valence-electron chi connectivity index (χ4n) is 1.41. The maximum atomic E-state index is 11.6. The topological polar surface area (TPSA) is 54.0 Å². The third-order valence-corrected chi connectivity index (χ3v) is 4.33. The summed E-state index contributed by atoms with van der Waals surface area (Å²) in [5.74, 6) is 0.957. The van der Waals surface area contributed by atoms with Crippen LogP contribution < -0.4 is 10.6 Å². The fourth-order valence-corrected chi connectivity index (χ4v) is 3.06. The Hall–Kier alpha value is -1.53. The van der Waals surface area contributed by atoms with E-state index in [4.69, 9.17) is 0 Å². The van der Waals surface area contributed by atoms with Crippen LogP contribution in [0.2, 0.25) is 0 Å². The number of carbonyl (C=O) groups excluding carboxylic acids is 1. The summed E-state index contributed by atoms with van der Waals surface area (Å²) in [7, 11) is 0. The summed E-state index contributed by atoms with van der Waals surface area (Å²) in [6.07, 6.45) is 2.73. The minimum Gasteiger partial charge on any atom is -0.338 e. The highest BCUT2D eigenvalue weighted by Crippen LogP contribution is 2.20. The molecule has 0 radical (unpaired) electrons. The van der Waals surface area contributed by atoms with E-state index in [0.717, 1.165) is 22.2 Å². The lowest BCUT2D eigenvalue weighted by atomic mass is 10.3. The van der Waals surface area contributed by atoms with Gasteiger partial charge in [-0.2, -0.15) is 0 Å². The zero-order chi connectivity index (χ0) is 13.3. The molecule has 0 atom stereocenters. The molecule has 2 aromatic rings. The largest absolute Gasteiger partial charge is 0.338 e. The molecule has 0 bridgehead atoms. The highest BCUT2D eigenvalue weighted by atomic mass is 32.2. The number of nitrogens with one attached hydrogen (secondary N) is 2. The number of carbonyl (C=O) groups is 1. The Morgan fingerprint density at radius 3 is 2.89 bits per heavy atom. The van der Waals surface area contributed by atoms with Crippen LogP contribution in [0.4, 0.5) is 10.5 Å². The van der Waals surface area contributed by atoms with Gasteiger partial charge in [0.05, 0.1) is 0 Å². The first-order chi connectivity index (χ1) is 9.34.